The van der Waals surface area contributed by atoms with Gasteiger partial charge in [-0.2, -0.15) is 12.6 Å². The summed E-state index contributed by atoms with van der Waals surface area (Å²) in [6.07, 6.45) is 3.83. The molecule has 0 amide bonds. The van der Waals surface area contributed by atoms with Crippen LogP contribution in [0.1, 0.15) is 26.3 Å². The van der Waals surface area contributed by atoms with Gasteiger partial charge in [-0.05, 0) is 17.9 Å². The van der Waals surface area contributed by atoms with Crippen LogP contribution in [0.2, 0.25) is 0 Å². The lowest BCUT2D eigenvalue weighted by molar-refractivity contribution is 0.0248. The van der Waals surface area contributed by atoms with E-state index in [1.807, 2.05) is 38.1 Å². The molecule has 0 aromatic heterocycles. The maximum atomic E-state index is 12.9. The molecule has 5 atom stereocenters. The molecule has 24 heavy (non-hydrogen) atoms. The van der Waals surface area contributed by atoms with Crippen molar-refractivity contribution in [2.24, 2.45) is 17.8 Å². The van der Waals surface area contributed by atoms with Crippen LogP contribution in [0.3, 0.4) is 0 Å². The summed E-state index contributed by atoms with van der Waals surface area (Å²) in [5, 5.41) is -0.0332. The largest absolute Gasteiger partial charge is 0.495 e. The van der Waals surface area contributed by atoms with Crippen molar-refractivity contribution in [1.29, 1.82) is 0 Å². The Kier molecular flexibility index (Phi) is 8.83. The topological polar surface area (TPSA) is 26.3 Å². The highest BCUT2D eigenvalue weighted by atomic mass is 32.1. The lowest BCUT2D eigenvalue weighted by atomic mass is 9.83. The predicted octanol–water partition coefficient (Wildman–Crippen LogP) is 5.65. The fraction of sp³-hybridized carbons (Fsp3) is 0.450. The van der Waals surface area contributed by atoms with Crippen LogP contribution in [0.25, 0.3) is 0 Å². The van der Waals surface area contributed by atoms with Gasteiger partial charge in [0.1, 0.15) is 6.10 Å². The zero-order valence-electron chi connectivity index (χ0n) is 14.6. The van der Waals surface area contributed by atoms with Crippen LogP contribution in [-0.2, 0) is 11.2 Å². The smallest absolute Gasteiger partial charge is 0.436 e. The molecule has 4 heteroatoms. The SMILES string of the molecule is C=C/C=C\[C@H](C)[C@H](OC(=O)F)[C@@H](C)[C@H](S)[C@@H](C)Cc1ccccc1. The maximum Gasteiger partial charge on any atom is 0.495 e. The molecule has 132 valence electrons. The third-order valence-electron chi connectivity index (χ3n) is 4.34. The molecule has 0 aliphatic carbocycles. The summed E-state index contributed by atoms with van der Waals surface area (Å²) in [6.45, 7) is 9.58. The summed E-state index contributed by atoms with van der Waals surface area (Å²) in [6, 6.07) is 10.2. The highest BCUT2D eigenvalue weighted by Crippen LogP contribution is 2.30. The first-order valence-corrected chi connectivity index (χ1v) is 8.75. The number of carbonyl (C=O) groups excluding carboxylic acids is 1. The Morgan fingerprint density at radius 3 is 2.46 bits per heavy atom. The first-order chi connectivity index (χ1) is 11.4. The number of ether oxygens (including phenoxy) is 1. The third kappa shape index (κ3) is 6.52. The minimum absolute atomic E-state index is 0.0332. The average molecular weight is 350 g/mol. The highest BCUT2D eigenvalue weighted by molar-refractivity contribution is 7.81. The van der Waals surface area contributed by atoms with Crippen LogP contribution in [0, 0.1) is 17.8 Å². The second-order valence-electron chi connectivity index (χ2n) is 6.32. The molecule has 1 aromatic carbocycles. The summed E-state index contributed by atoms with van der Waals surface area (Å²) in [7, 11) is 0. The van der Waals surface area contributed by atoms with E-state index < -0.39 is 12.3 Å². The molecule has 0 saturated heterocycles. The van der Waals surface area contributed by atoms with Crippen molar-refractivity contribution in [3.63, 3.8) is 0 Å². The number of halogens is 1. The Bertz CT molecular complexity index is 544. The third-order valence-corrected chi connectivity index (χ3v) is 5.32. The summed E-state index contributed by atoms with van der Waals surface area (Å²) < 4.78 is 17.8. The zero-order chi connectivity index (χ0) is 18.1. The molecule has 0 N–H and O–H groups in total. The normalized spacial score (nSPS) is 17.7. The lowest BCUT2D eigenvalue weighted by Crippen LogP contribution is -2.37. The fourth-order valence-electron chi connectivity index (χ4n) is 2.98. The van der Waals surface area contributed by atoms with Crippen LogP contribution in [-0.4, -0.2) is 17.6 Å². The van der Waals surface area contributed by atoms with E-state index in [0.29, 0.717) is 0 Å². The van der Waals surface area contributed by atoms with Crippen LogP contribution in [0.5, 0.6) is 0 Å². The van der Waals surface area contributed by atoms with E-state index in [0.717, 1.165) is 6.42 Å². The van der Waals surface area contributed by atoms with Crippen molar-refractivity contribution in [2.45, 2.75) is 38.5 Å². The van der Waals surface area contributed by atoms with Crippen LogP contribution >= 0.6 is 12.6 Å². The molecular weight excluding hydrogens is 323 g/mol. The van der Waals surface area contributed by atoms with Gasteiger partial charge in [-0.3, -0.25) is 0 Å². The summed E-state index contributed by atoms with van der Waals surface area (Å²) in [5.74, 6) is 0.0228. The number of rotatable bonds is 9. The van der Waals surface area contributed by atoms with E-state index in [9.17, 15) is 9.18 Å². The second-order valence-corrected chi connectivity index (χ2v) is 6.91. The number of hydrogen-bond donors (Lipinski definition) is 1. The number of thiol groups is 1. The number of hydrogen-bond acceptors (Lipinski definition) is 3. The van der Waals surface area contributed by atoms with Crippen molar-refractivity contribution >= 4 is 18.9 Å². The molecule has 0 unspecified atom stereocenters. The van der Waals surface area contributed by atoms with Crippen LogP contribution in [0.4, 0.5) is 9.18 Å². The monoisotopic (exact) mass is 350 g/mol. The van der Waals surface area contributed by atoms with Gasteiger partial charge in [0.25, 0.3) is 0 Å². The molecule has 0 bridgehead atoms. The van der Waals surface area contributed by atoms with Crippen LogP contribution in [0.15, 0.2) is 55.1 Å². The molecule has 0 saturated carbocycles. The van der Waals surface area contributed by atoms with Crippen LogP contribution < -0.4 is 0 Å². The standard InChI is InChI=1S/C20H27FO2S/c1-5-6-10-14(2)18(23-20(21)22)16(4)19(24)15(3)13-17-11-8-7-9-12-17/h5-12,14-16,18-19,24H,1,13H2,2-4H3/b10-6-/t14-,15-,16+,18-,19+/m0/s1. The van der Waals surface area contributed by atoms with Gasteiger partial charge in [0.05, 0.1) is 0 Å². The van der Waals surface area contributed by atoms with Crippen molar-refractivity contribution < 1.29 is 13.9 Å². The quantitative estimate of drug-likeness (QED) is 0.354. The Hall–Kier alpha value is -1.55. The minimum atomic E-state index is -1.75. The highest BCUT2D eigenvalue weighted by Gasteiger charge is 2.33. The van der Waals surface area contributed by atoms with E-state index in [1.54, 1.807) is 12.2 Å². The van der Waals surface area contributed by atoms with Gasteiger partial charge in [-0.15, -0.1) is 4.39 Å². The van der Waals surface area contributed by atoms with Gasteiger partial charge < -0.3 is 4.74 Å². The Morgan fingerprint density at radius 1 is 1.29 bits per heavy atom. The minimum Gasteiger partial charge on any atom is -0.436 e. The van der Waals surface area contributed by atoms with E-state index in [1.165, 1.54) is 5.56 Å². The summed E-state index contributed by atoms with van der Waals surface area (Å²) in [5.41, 5.74) is 1.23. The van der Waals surface area contributed by atoms with Crippen molar-refractivity contribution in [3.05, 3.63) is 60.7 Å². The first kappa shape index (κ1) is 20.5. The Balaban J connectivity index is 2.82. The number of benzene rings is 1. The van der Waals surface area contributed by atoms with E-state index in [-0.39, 0.29) is 23.0 Å². The molecule has 0 aliphatic heterocycles. The molecule has 0 heterocycles. The molecule has 0 fully saturated rings. The molecule has 0 spiro atoms. The lowest BCUT2D eigenvalue weighted by Gasteiger charge is -2.33. The summed E-state index contributed by atoms with van der Waals surface area (Å²) in [4.78, 5) is 10.9. The van der Waals surface area contributed by atoms with Gasteiger partial charge in [0.15, 0.2) is 0 Å². The molecule has 2 nitrogen and oxygen atoms in total. The van der Waals surface area contributed by atoms with Crippen molar-refractivity contribution in [2.75, 3.05) is 0 Å². The van der Waals surface area contributed by atoms with E-state index in [2.05, 4.69) is 25.6 Å². The van der Waals surface area contributed by atoms with E-state index in [4.69, 9.17) is 17.4 Å². The van der Waals surface area contributed by atoms with Crippen molar-refractivity contribution in [1.82, 2.24) is 0 Å². The fourth-order valence-corrected chi connectivity index (χ4v) is 3.26. The zero-order valence-corrected chi connectivity index (χ0v) is 15.5. The number of allylic oxidation sites excluding steroid dienone is 2. The molecule has 0 aliphatic rings. The molecule has 1 aromatic rings. The Labute approximate surface area is 150 Å². The van der Waals surface area contributed by atoms with Gasteiger partial charge in [-0.25, -0.2) is 4.79 Å². The molecule has 0 radical (unpaired) electrons. The van der Waals surface area contributed by atoms with Gasteiger partial charge >= 0.3 is 6.22 Å². The second kappa shape index (κ2) is 10.3. The van der Waals surface area contributed by atoms with Gasteiger partial charge in [0.2, 0.25) is 0 Å². The van der Waals surface area contributed by atoms with Gasteiger partial charge in [-0.1, -0.05) is 75.9 Å². The average Bonchev–Trinajstić information content (AvgIpc) is 2.56. The first-order valence-electron chi connectivity index (χ1n) is 8.24. The maximum absolute atomic E-state index is 12.9. The Morgan fingerprint density at radius 2 is 1.92 bits per heavy atom. The molecular formula is C20H27FO2S. The van der Waals surface area contributed by atoms with E-state index >= 15 is 0 Å². The summed E-state index contributed by atoms with van der Waals surface area (Å²) >= 11 is 4.74. The molecule has 1 rings (SSSR count). The van der Waals surface area contributed by atoms with Crippen molar-refractivity contribution in [3.8, 4) is 0 Å². The number of carbonyl (C=O) groups is 1. The van der Waals surface area contributed by atoms with Gasteiger partial charge in [0, 0.05) is 17.1 Å². The predicted molar refractivity (Wildman–Crippen MR) is 101 cm³/mol.